The number of rotatable bonds is 4. The molecule has 0 aliphatic heterocycles. The molecule has 0 unspecified atom stereocenters. The molecule has 2 heteroatoms. The van der Waals surface area contributed by atoms with E-state index in [-0.39, 0.29) is 12.4 Å². The average Bonchev–Trinajstić information content (AvgIpc) is 1.85. The molecule has 10 heavy (non-hydrogen) atoms. The van der Waals surface area contributed by atoms with Gasteiger partial charge in [-0.25, -0.2) is 0 Å². The molecule has 0 radical (unpaired) electrons. The lowest BCUT2D eigenvalue weighted by atomic mass is 10.2. The predicted molar refractivity (Wildman–Crippen MR) is 48.5 cm³/mol. The molecule has 0 fully saturated rings. The van der Waals surface area contributed by atoms with Crippen LogP contribution >= 0.6 is 12.4 Å². The monoisotopic (exact) mass is 161 g/mol. The summed E-state index contributed by atoms with van der Waals surface area (Å²) in [5, 5.41) is 3.20. The summed E-state index contributed by atoms with van der Waals surface area (Å²) in [5.41, 5.74) is 0. The highest BCUT2D eigenvalue weighted by atomic mass is 35.5. The standard InChI is InChI=1S/C8H15N.ClH/c1-4-6-8(3)9-7-5-2;/h2,8-9H,4,6-7H2,1,3H3;1H/t8-;/m1./s1. The third kappa shape index (κ3) is 7.81. The first kappa shape index (κ1) is 12.5. The molecule has 0 saturated heterocycles. The Bertz CT molecular complexity index is 95.9. The molecule has 1 atom stereocenters. The van der Waals surface area contributed by atoms with Gasteiger partial charge in [0.25, 0.3) is 0 Å². The summed E-state index contributed by atoms with van der Waals surface area (Å²) in [7, 11) is 0. The van der Waals surface area contributed by atoms with E-state index in [2.05, 4.69) is 25.1 Å². The van der Waals surface area contributed by atoms with Crippen molar-refractivity contribution in [2.24, 2.45) is 0 Å². The summed E-state index contributed by atoms with van der Waals surface area (Å²) in [5.74, 6) is 2.55. The van der Waals surface area contributed by atoms with Crippen LogP contribution in [-0.2, 0) is 0 Å². The zero-order valence-electron chi connectivity index (χ0n) is 6.68. The summed E-state index contributed by atoms with van der Waals surface area (Å²) in [6.07, 6.45) is 7.49. The normalized spacial score (nSPS) is 11.3. The predicted octanol–water partition coefficient (Wildman–Crippen LogP) is 1.82. The first-order valence-corrected chi connectivity index (χ1v) is 3.48. The molecule has 0 aliphatic rings. The number of nitrogens with one attached hydrogen (secondary N) is 1. The third-order valence-corrected chi connectivity index (χ3v) is 1.27. The maximum absolute atomic E-state index is 5.06. The Morgan fingerprint density at radius 1 is 1.60 bits per heavy atom. The Morgan fingerprint density at radius 3 is 2.60 bits per heavy atom. The minimum Gasteiger partial charge on any atom is -0.304 e. The molecule has 0 heterocycles. The fourth-order valence-corrected chi connectivity index (χ4v) is 0.768. The van der Waals surface area contributed by atoms with Crippen LogP contribution in [0, 0.1) is 12.3 Å². The van der Waals surface area contributed by atoms with E-state index in [0.29, 0.717) is 12.6 Å². The topological polar surface area (TPSA) is 12.0 Å². The highest BCUT2D eigenvalue weighted by Crippen LogP contribution is 1.92. The van der Waals surface area contributed by atoms with E-state index in [1.807, 2.05) is 0 Å². The Kier molecular flexibility index (Phi) is 11.0. The molecular weight excluding hydrogens is 146 g/mol. The quantitative estimate of drug-likeness (QED) is 0.621. The first-order valence-electron chi connectivity index (χ1n) is 3.48. The van der Waals surface area contributed by atoms with Gasteiger partial charge in [0, 0.05) is 6.04 Å². The van der Waals surface area contributed by atoms with Gasteiger partial charge in [-0.1, -0.05) is 19.3 Å². The van der Waals surface area contributed by atoms with E-state index < -0.39 is 0 Å². The molecule has 0 rings (SSSR count). The molecule has 0 amide bonds. The van der Waals surface area contributed by atoms with Crippen molar-refractivity contribution in [3.63, 3.8) is 0 Å². The molecular formula is C8H16ClN. The first-order chi connectivity index (χ1) is 4.31. The Hall–Kier alpha value is -0.190. The molecule has 1 N–H and O–H groups in total. The van der Waals surface area contributed by atoms with Crippen molar-refractivity contribution in [1.82, 2.24) is 5.32 Å². The van der Waals surface area contributed by atoms with Crippen molar-refractivity contribution in [2.45, 2.75) is 32.7 Å². The van der Waals surface area contributed by atoms with Gasteiger partial charge in [0.2, 0.25) is 0 Å². The Labute approximate surface area is 70.0 Å². The highest BCUT2D eigenvalue weighted by molar-refractivity contribution is 5.85. The fourth-order valence-electron chi connectivity index (χ4n) is 0.768. The van der Waals surface area contributed by atoms with Crippen molar-refractivity contribution < 1.29 is 0 Å². The minimum absolute atomic E-state index is 0. The van der Waals surface area contributed by atoms with E-state index in [0.717, 1.165) is 0 Å². The summed E-state index contributed by atoms with van der Waals surface area (Å²) in [4.78, 5) is 0. The van der Waals surface area contributed by atoms with Crippen LogP contribution in [0.1, 0.15) is 26.7 Å². The van der Waals surface area contributed by atoms with Crippen LogP contribution in [0.5, 0.6) is 0 Å². The van der Waals surface area contributed by atoms with Gasteiger partial charge in [0.05, 0.1) is 6.54 Å². The van der Waals surface area contributed by atoms with Crippen LogP contribution in [0.2, 0.25) is 0 Å². The summed E-state index contributed by atoms with van der Waals surface area (Å²) < 4.78 is 0. The minimum atomic E-state index is 0. The molecule has 0 spiro atoms. The smallest absolute Gasteiger partial charge is 0.0575 e. The molecule has 0 saturated carbocycles. The van der Waals surface area contributed by atoms with Crippen molar-refractivity contribution >= 4 is 12.4 Å². The SMILES string of the molecule is C#CCN[C@H](C)CCC.Cl. The maximum Gasteiger partial charge on any atom is 0.0575 e. The van der Waals surface area contributed by atoms with Crippen molar-refractivity contribution in [1.29, 1.82) is 0 Å². The van der Waals surface area contributed by atoms with E-state index in [1.54, 1.807) is 0 Å². The zero-order valence-corrected chi connectivity index (χ0v) is 7.50. The van der Waals surface area contributed by atoms with Gasteiger partial charge in [-0.05, 0) is 13.3 Å². The van der Waals surface area contributed by atoms with Crippen LogP contribution in [-0.4, -0.2) is 12.6 Å². The lowest BCUT2D eigenvalue weighted by molar-refractivity contribution is 0.540. The molecule has 0 aromatic carbocycles. The van der Waals surface area contributed by atoms with Crippen LogP contribution < -0.4 is 5.32 Å². The Morgan fingerprint density at radius 2 is 2.20 bits per heavy atom. The van der Waals surface area contributed by atoms with Crippen LogP contribution in [0.25, 0.3) is 0 Å². The second-order valence-electron chi connectivity index (χ2n) is 2.27. The van der Waals surface area contributed by atoms with Gasteiger partial charge in [0.15, 0.2) is 0 Å². The van der Waals surface area contributed by atoms with Gasteiger partial charge >= 0.3 is 0 Å². The molecule has 0 aromatic heterocycles. The largest absolute Gasteiger partial charge is 0.304 e. The van der Waals surface area contributed by atoms with Crippen molar-refractivity contribution in [2.75, 3.05) is 6.54 Å². The van der Waals surface area contributed by atoms with Crippen molar-refractivity contribution in [3.8, 4) is 12.3 Å². The molecule has 1 nitrogen and oxygen atoms in total. The third-order valence-electron chi connectivity index (χ3n) is 1.27. The van der Waals surface area contributed by atoms with E-state index in [9.17, 15) is 0 Å². The molecule has 0 aliphatic carbocycles. The lowest BCUT2D eigenvalue weighted by Gasteiger charge is -2.08. The molecule has 60 valence electrons. The lowest BCUT2D eigenvalue weighted by Crippen LogP contribution is -2.25. The number of terminal acetylenes is 1. The van der Waals surface area contributed by atoms with Gasteiger partial charge in [-0.2, -0.15) is 0 Å². The number of hydrogen-bond donors (Lipinski definition) is 1. The summed E-state index contributed by atoms with van der Waals surface area (Å²) >= 11 is 0. The van der Waals surface area contributed by atoms with Gasteiger partial charge in [-0.15, -0.1) is 18.8 Å². The summed E-state index contributed by atoms with van der Waals surface area (Å²) in [6, 6.07) is 0.575. The highest BCUT2D eigenvalue weighted by Gasteiger charge is 1.94. The van der Waals surface area contributed by atoms with Crippen LogP contribution in [0.15, 0.2) is 0 Å². The van der Waals surface area contributed by atoms with Gasteiger partial charge < -0.3 is 5.32 Å². The van der Waals surface area contributed by atoms with Crippen molar-refractivity contribution in [3.05, 3.63) is 0 Å². The fraction of sp³-hybridized carbons (Fsp3) is 0.750. The van der Waals surface area contributed by atoms with E-state index in [4.69, 9.17) is 6.42 Å². The van der Waals surface area contributed by atoms with Gasteiger partial charge in [0.1, 0.15) is 0 Å². The molecule has 0 bridgehead atoms. The second kappa shape index (κ2) is 8.81. The number of halogens is 1. The van der Waals surface area contributed by atoms with Crippen LogP contribution in [0.3, 0.4) is 0 Å². The average molecular weight is 162 g/mol. The van der Waals surface area contributed by atoms with Crippen LogP contribution in [0.4, 0.5) is 0 Å². The summed E-state index contributed by atoms with van der Waals surface area (Å²) in [6.45, 7) is 5.02. The maximum atomic E-state index is 5.06. The molecule has 0 aromatic rings. The zero-order chi connectivity index (χ0) is 7.11. The van der Waals surface area contributed by atoms with E-state index in [1.165, 1.54) is 12.8 Å². The second-order valence-corrected chi connectivity index (χ2v) is 2.27. The Balaban J connectivity index is 0. The van der Waals surface area contributed by atoms with E-state index >= 15 is 0 Å². The number of hydrogen-bond acceptors (Lipinski definition) is 1. The van der Waals surface area contributed by atoms with Gasteiger partial charge in [-0.3, -0.25) is 0 Å².